The molecule has 1 amide bonds. The van der Waals surface area contributed by atoms with Gasteiger partial charge in [0.2, 0.25) is 0 Å². The lowest BCUT2D eigenvalue weighted by molar-refractivity contribution is 0.0624. The van der Waals surface area contributed by atoms with Crippen molar-refractivity contribution in [2.45, 2.75) is 13.8 Å². The maximum absolute atomic E-state index is 12.6. The van der Waals surface area contributed by atoms with Gasteiger partial charge in [-0.05, 0) is 38.1 Å². The third-order valence-corrected chi connectivity index (χ3v) is 4.72. The zero-order valence-electron chi connectivity index (χ0n) is 15.1. The van der Waals surface area contributed by atoms with Gasteiger partial charge in [-0.2, -0.15) is 5.26 Å². The molecule has 0 atom stereocenters. The molecule has 134 valence electrons. The Kier molecular flexibility index (Phi) is 5.19. The van der Waals surface area contributed by atoms with Crippen LogP contribution in [0, 0.1) is 25.2 Å². The number of carbonyl (C=O) groups is 2. The van der Waals surface area contributed by atoms with E-state index in [1.807, 2.05) is 19.9 Å². The van der Waals surface area contributed by atoms with Crippen molar-refractivity contribution in [1.29, 1.82) is 5.26 Å². The minimum absolute atomic E-state index is 0.0646. The monoisotopic (exact) mass is 350 g/mol. The molecule has 6 nitrogen and oxygen atoms in total. The Morgan fingerprint density at radius 2 is 1.88 bits per heavy atom. The molecule has 26 heavy (non-hydrogen) atoms. The third kappa shape index (κ3) is 3.84. The number of nitrogens with zero attached hydrogens (tertiary/aromatic N) is 3. The highest BCUT2D eigenvalue weighted by molar-refractivity contribution is 5.99. The summed E-state index contributed by atoms with van der Waals surface area (Å²) in [6.45, 7) is 6.70. The Hall–Kier alpha value is -2.91. The quantitative estimate of drug-likeness (QED) is 0.857. The van der Waals surface area contributed by atoms with E-state index in [9.17, 15) is 9.59 Å². The van der Waals surface area contributed by atoms with E-state index in [0.29, 0.717) is 43.9 Å². The van der Waals surface area contributed by atoms with Crippen LogP contribution in [0.25, 0.3) is 0 Å². The van der Waals surface area contributed by atoms with Crippen molar-refractivity contribution in [3.05, 3.63) is 58.4 Å². The van der Waals surface area contributed by atoms with E-state index < -0.39 is 0 Å². The van der Waals surface area contributed by atoms with E-state index >= 15 is 0 Å². The molecule has 1 fully saturated rings. The third-order valence-electron chi connectivity index (χ3n) is 4.72. The molecule has 2 aromatic rings. The van der Waals surface area contributed by atoms with Crippen LogP contribution >= 0.6 is 0 Å². The van der Waals surface area contributed by atoms with Gasteiger partial charge < -0.3 is 9.88 Å². The summed E-state index contributed by atoms with van der Waals surface area (Å²) in [4.78, 5) is 32.1. The molecule has 3 rings (SSSR count). The zero-order valence-corrected chi connectivity index (χ0v) is 15.1. The number of aromatic nitrogens is 1. The number of carbonyl (C=O) groups excluding carboxylic acids is 2. The average Bonchev–Trinajstić information content (AvgIpc) is 3.00. The van der Waals surface area contributed by atoms with Gasteiger partial charge in [0.1, 0.15) is 0 Å². The SMILES string of the molecule is Cc1cc(C(=O)CN2CCN(C(=O)c3cccc(C#N)c3)CC2)c(C)[nH]1. The van der Waals surface area contributed by atoms with E-state index in [4.69, 9.17) is 5.26 Å². The van der Waals surface area contributed by atoms with Crippen molar-refractivity contribution in [2.75, 3.05) is 32.7 Å². The average molecular weight is 350 g/mol. The Balaban J connectivity index is 1.57. The molecule has 0 radical (unpaired) electrons. The summed E-state index contributed by atoms with van der Waals surface area (Å²) in [5, 5.41) is 8.97. The number of H-pyrrole nitrogens is 1. The molecule has 2 heterocycles. The number of piperazine rings is 1. The number of aryl methyl sites for hydroxylation is 2. The van der Waals surface area contributed by atoms with Crippen molar-refractivity contribution in [3.63, 3.8) is 0 Å². The predicted molar refractivity (Wildman–Crippen MR) is 98.1 cm³/mol. The van der Waals surface area contributed by atoms with Crippen LogP contribution in [-0.4, -0.2) is 59.2 Å². The van der Waals surface area contributed by atoms with Crippen LogP contribution < -0.4 is 0 Å². The molecule has 1 N–H and O–H groups in total. The zero-order chi connectivity index (χ0) is 18.7. The summed E-state index contributed by atoms with van der Waals surface area (Å²) in [5.74, 6) is 0.0403. The van der Waals surface area contributed by atoms with Crippen LogP contribution in [0.2, 0.25) is 0 Å². The van der Waals surface area contributed by atoms with Gasteiger partial charge in [-0.15, -0.1) is 0 Å². The first kappa shape index (κ1) is 17.9. The standard InChI is InChI=1S/C20H22N4O2/c1-14-10-18(15(2)22-14)19(25)13-23-6-8-24(9-7-23)20(26)17-5-3-4-16(11-17)12-21/h3-5,10-11,22H,6-9,13H2,1-2H3. The number of benzene rings is 1. The fourth-order valence-corrected chi connectivity index (χ4v) is 3.32. The van der Waals surface area contributed by atoms with Gasteiger partial charge in [0, 0.05) is 48.7 Å². The lowest BCUT2D eigenvalue weighted by atomic mass is 10.1. The lowest BCUT2D eigenvalue weighted by Crippen LogP contribution is -2.49. The fourth-order valence-electron chi connectivity index (χ4n) is 3.32. The van der Waals surface area contributed by atoms with Gasteiger partial charge in [0.25, 0.3) is 5.91 Å². The Morgan fingerprint density at radius 3 is 2.50 bits per heavy atom. The molecule has 0 spiro atoms. The topological polar surface area (TPSA) is 80.2 Å². The number of amides is 1. The Bertz CT molecular complexity index is 870. The van der Waals surface area contributed by atoms with E-state index in [-0.39, 0.29) is 11.7 Å². The lowest BCUT2D eigenvalue weighted by Gasteiger charge is -2.34. The maximum atomic E-state index is 12.6. The molecular weight excluding hydrogens is 328 g/mol. The molecule has 1 aromatic carbocycles. The van der Waals surface area contributed by atoms with Gasteiger partial charge in [-0.1, -0.05) is 6.07 Å². The highest BCUT2D eigenvalue weighted by Crippen LogP contribution is 2.14. The van der Waals surface area contributed by atoms with Crippen molar-refractivity contribution in [1.82, 2.24) is 14.8 Å². The fraction of sp³-hybridized carbons (Fsp3) is 0.350. The number of Topliss-reactive ketones (excluding diaryl/α,β-unsaturated/α-hetero) is 1. The van der Waals surface area contributed by atoms with E-state index in [1.54, 1.807) is 29.2 Å². The number of aromatic amines is 1. The van der Waals surface area contributed by atoms with Gasteiger partial charge in [-0.25, -0.2) is 0 Å². The number of rotatable bonds is 4. The van der Waals surface area contributed by atoms with E-state index in [1.165, 1.54) is 0 Å². The van der Waals surface area contributed by atoms with Crippen molar-refractivity contribution < 1.29 is 9.59 Å². The van der Waals surface area contributed by atoms with Gasteiger partial charge in [0.05, 0.1) is 18.2 Å². The highest BCUT2D eigenvalue weighted by atomic mass is 16.2. The minimum Gasteiger partial charge on any atom is -0.362 e. The van der Waals surface area contributed by atoms with Crippen molar-refractivity contribution in [2.24, 2.45) is 0 Å². The van der Waals surface area contributed by atoms with Crippen LogP contribution in [0.5, 0.6) is 0 Å². The Morgan fingerprint density at radius 1 is 1.15 bits per heavy atom. The van der Waals surface area contributed by atoms with Crippen LogP contribution in [0.3, 0.4) is 0 Å². The number of hydrogen-bond donors (Lipinski definition) is 1. The summed E-state index contributed by atoms with van der Waals surface area (Å²) in [7, 11) is 0. The molecule has 6 heteroatoms. The molecular formula is C20H22N4O2. The van der Waals surface area contributed by atoms with E-state index in [2.05, 4.69) is 16.0 Å². The van der Waals surface area contributed by atoms with Crippen LogP contribution in [0.4, 0.5) is 0 Å². The van der Waals surface area contributed by atoms with Gasteiger partial charge >= 0.3 is 0 Å². The molecule has 1 aliphatic heterocycles. The largest absolute Gasteiger partial charge is 0.362 e. The predicted octanol–water partition coefficient (Wildman–Crippen LogP) is 2.14. The normalized spacial score (nSPS) is 14.9. The summed E-state index contributed by atoms with van der Waals surface area (Å²) < 4.78 is 0. The summed E-state index contributed by atoms with van der Waals surface area (Å²) >= 11 is 0. The smallest absolute Gasteiger partial charge is 0.253 e. The van der Waals surface area contributed by atoms with E-state index in [0.717, 1.165) is 17.0 Å². The number of nitriles is 1. The summed E-state index contributed by atoms with van der Waals surface area (Å²) in [6.07, 6.45) is 0. The molecule has 0 aliphatic carbocycles. The maximum Gasteiger partial charge on any atom is 0.253 e. The van der Waals surface area contributed by atoms with Gasteiger partial charge in [-0.3, -0.25) is 14.5 Å². The van der Waals surface area contributed by atoms with Crippen molar-refractivity contribution in [3.8, 4) is 6.07 Å². The molecule has 0 saturated carbocycles. The summed E-state index contributed by atoms with van der Waals surface area (Å²) in [5.41, 5.74) is 3.65. The first-order chi connectivity index (χ1) is 12.5. The van der Waals surface area contributed by atoms with Crippen LogP contribution in [0.1, 0.15) is 37.7 Å². The molecule has 0 bridgehead atoms. The first-order valence-corrected chi connectivity index (χ1v) is 8.69. The summed E-state index contributed by atoms with van der Waals surface area (Å²) in [6, 6.07) is 10.7. The van der Waals surface area contributed by atoms with Gasteiger partial charge in [0.15, 0.2) is 5.78 Å². The minimum atomic E-state index is -0.0646. The molecule has 1 saturated heterocycles. The second kappa shape index (κ2) is 7.54. The molecule has 1 aromatic heterocycles. The van der Waals surface area contributed by atoms with Crippen molar-refractivity contribution >= 4 is 11.7 Å². The van der Waals surface area contributed by atoms with Crippen LogP contribution in [-0.2, 0) is 0 Å². The second-order valence-corrected chi connectivity index (χ2v) is 6.68. The molecule has 1 aliphatic rings. The number of ketones is 1. The van der Waals surface area contributed by atoms with Crippen LogP contribution in [0.15, 0.2) is 30.3 Å². The number of hydrogen-bond acceptors (Lipinski definition) is 4. The number of nitrogens with one attached hydrogen (secondary N) is 1. The second-order valence-electron chi connectivity index (χ2n) is 6.68. The molecule has 0 unspecified atom stereocenters. The highest BCUT2D eigenvalue weighted by Gasteiger charge is 2.24. The Labute approximate surface area is 153 Å². The first-order valence-electron chi connectivity index (χ1n) is 8.69.